The topological polar surface area (TPSA) is 47.6 Å². The quantitative estimate of drug-likeness (QED) is 0.328. The normalized spacial score (nSPS) is 17.0. The van der Waals surface area contributed by atoms with Crippen molar-refractivity contribution >= 4 is 17.5 Å². The molecular weight excluding hydrogens is 484 g/mol. The summed E-state index contributed by atoms with van der Waals surface area (Å²) >= 11 is 6.14. The zero-order chi connectivity index (χ0) is 25.0. The Kier molecular flexibility index (Phi) is 5.51. The van der Waals surface area contributed by atoms with Gasteiger partial charge in [0, 0.05) is 22.7 Å². The maximum Gasteiger partial charge on any atom is 0.251 e. The highest BCUT2D eigenvalue weighted by atomic mass is 35.5. The molecule has 0 aliphatic carbocycles. The van der Waals surface area contributed by atoms with Crippen LogP contribution in [0.1, 0.15) is 50.4 Å². The maximum atomic E-state index is 14.6. The zero-order valence-corrected chi connectivity index (χ0v) is 19.9. The third-order valence-electron chi connectivity index (χ3n) is 6.79. The number of carbonyl (C=O) groups excluding carboxylic acids is 1. The molecule has 180 valence electrons. The molecule has 0 saturated carbocycles. The SMILES string of the molecule is COc1ccc(Cl)c(CNC(=O)c2ccc3c(c2)C2OC3c3ccc(-c4cccc(F)c4)cc32)c1F. The van der Waals surface area contributed by atoms with Gasteiger partial charge in [-0.25, -0.2) is 8.78 Å². The van der Waals surface area contributed by atoms with Crippen LogP contribution in [0.3, 0.4) is 0 Å². The molecule has 2 heterocycles. The van der Waals surface area contributed by atoms with Crippen molar-refractivity contribution in [2.75, 3.05) is 7.11 Å². The van der Waals surface area contributed by atoms with E-state index in [9.17, 15) is 13.6 Å². The number of halogens is 3. The maximum absolute atomic E-state index is 14.6. The van der Waals surface area contributed by atoms with Crippen molar-refractivity contribution in [3.63, 3.8) is 0 Å². The van der Waals surface area contributed by atoms with Crippen LogP contribution in [0.15, 0.2) is 72.8 Å². The predicted octanol–water partition coefficient (Wildman–Crippen LogP) is 6.75. The number of hydrogen-bond donors (Lipinski definition) is 1. The molecule has 36 heavy (non-hydrogen) atoms. The van der Waals surface area contributed by atoms with E-state index in [-0.39, 0.29) is 46.8 Å². The third kappa shape index (κ3) is 3.65. The summed E-state index contributed by atoms with van der Waals surface area (Å²) < 4.78 is 39.6. The van der Waals surface area contributed by atoms with E-state index >= 15 is 0 Å². The fraction of sp³-hybridized carbons (Fsp3) is 0.138. The highest BCUT2D eigenvalue weighted by Crippen LogP contribution is 2.54. The Morgan fingerprint density at radius 1 is 0.917 bits per heavy atom. The lowest BCUT2D eigenvalue weighted by molar-refractivity contribution is 0.0857. The first-order valence-electron chi connectivity index (χ1n) is 11.4. The number of amides is 1. The largest absolute Gasteiger partial charge is 0.494 e. The number of carbonyl (C=O) groups is 1. The van der Waals surface area contributed by atoms with Gasteiger partial charge in [0.25, 0.3) is 5.91 Å². The second-order valence-electron chi connectivity index (χ2n) is 8.82. The van der Waals surface area contributed by atoms with Crippen LogP contribution in [0.5, 0.6) is 5.75 Å². The smallest absolute Gasteiger partial charge is 0.251 e. The second kappa shape index (κ2) is 8.73. The lowest BCUT2D eigenvalue weighted by atomic mass is 9.84. The first-order valence-corrected chi connectivity index (χ1v) is 11.8. The molecule has 6 rings (SSSR count). The summed E-state index contributed by atoms with van der Waals surface area (Å²) in [5, 5.41) is 2.95. The average molecular weight is 504 g/mol. The molecule has 4 nitrogen and oxygen atoms in total. The highest BCUT2D eigenvalue weighted by Gasteiger charge is 2.43. The van der Waals surface area contributed by atoms with Gasteiger partial charge in [0.15, 0.2) is 11.6 Å². The third-order valence-corrected chi connectivity index (χ3v) is 7.15. The first kappa shape index (κ1) is 22.7. The molecule has 2 unspecified atom stereocenters. The second-order valence-corrected chi connectivity index (χ2v) is 9.23. The van der Waals surface area contributed by atoms with Crippen molar-refractivity contribution in [2.45, 2.75) is 18.8 Å². The van der Waals surface area contributed by atoms with E-state index in [0.717, 1.165) is 33.4 Å². The molecule has 2 atom stereocenters. The number of methoxy groups -OCH3 is 1. The van der Waals surface area contributed by atoms with Gasteiger partial charge in [0.1, 0.15) is 18.0 Å². The first-order chi connectivity index (χ1) is 17.4. The summed E-state index contributed by atoms with van der Waals surface area (Å²) in [7, 11) is 1.37. The Labute approximate surface area is 211 Å². The van der Waals surface area contributed by atoms with Crippen molar-refractivity contribution in [2.24, 2.45) is 0 Å². The summed E-state index contributed by atoms with van der Waals surface area (Å²) in [5.41, 5.74) is 6.31. The zero-order valence-electron chi connectivity index (χ0n) is 19.1. The van der Waals surface area contributed by atoms with Gasteiger partial charge in [0.2, 0.25) is 0 Å². The van der Waals surface area contributed by atoms with Crippen LogP contribution >= 0.6 is 11.6 Å². The number of ether oxygens (including phenoxy) is 2. The molecule has 2 bridgehead atoms. The van der Waals surface area contributed by atoms with Gasteiger partial charge in [0.05, 0.1) is 7.11 Å². The Morgan fingerprint density at radius 3 is 2.42 bits per heavy atom. The van der Waals surface area contributed by atoms with E-state index < -0.39 is 5.82 Å². The monoisotopic (exact) mass is 503 g/mol. The predicted molar refractivity (Wildman–Crippen MR) is 132 cm³/mol. The summed E-state index contributed by atoms with van der Waals surface area (Å²) in [4.78, 5) is 12.9. The summed E-state index contributed by atoms with van der Waals surface area (Å²) in [6, 6.07) is 20.9. The van der Waals surface area contributed by atoms with E-state index in [4.69, 9.17) is 21.1 Å². The van der Waals surface area contributed by atoms with E-state index in [1.54, 1.807) is 12.1 Å². The van der Waals surface area contributed by atoms with Gasteiger partial charge in [-0.05, 0) is 75.8 Å². The number of fused-ring (bicyclic) bond motifs is 8. The minimum atomic E-state index is -0.601. The molecule has 7 heteroatoms. The summed E-state index contributed by atoms with van der Waals surface area (Å²) in [6.07, 6.45) is -0.519. The van der Waals surface area contributed by atoms with Crippen LogP contribution in [0, 0.1) is 11.6 Å². The van der Waals surface area contributed by atoms with Gasteiger partial charge < -0.3 is 14.8 Å². The fourth-order valence-corrected chi connectivity index (χ4v) is 5.21. The minimum absolute atomic E-state index is 0.0608. The molecule has 4 aromatic rings. The lowest BCUT2D eigenvalue weighted by Crippen LogP contribution is -2.24. The molecule has 0 spiro atoms. The fourth-order valence-electron chi connectivity index (χ4n) is 5.00. The van der Waals surface area contributed by atoms with Gasteiger partial charge in [-0.2, -0.15) is 0 Å². The van der Waals surface area contributed by atoms with Gasteiger partial charge in [-0.15, -0.1) is 0 Å². The van der Waals surface area contributed by atoms with Crippen LogP contribution in [0.25, 0.3) is 11.1 Å². The van der Waals surface area contributed by atoms with Crippen molar-refractivity contribution < 1.29 is 23.0 Å². The van der Waals surface area contributed by atoms with Gasteiger partial charge in [-0.3, -0.25) is 4.79 Å². The van der Waals surface area contributed by atoms with E-state index in [1.165, 1.54) is 31.4 Å². The highest BCUT2D eigenvalue weighted by molar-refractivity contribution is 6.31. The molecule has 0 aromatic heterocycles. The van der Waals surface area contributed by atoms with Crippen LogP contribution in [-0.4, -0.2) is 13.0 Å². The van der Waals surface area contributed by atoms with Crippen LogP contribution in [0.4, 0.5) is 8.78 Å². The summed E-state index contributed by atoms with van der Waals surface area (Å²) in [6.45, 7) is -0.0832. The standard InChI is InChI=1S/C29H20ClF2NO3/c1-35-25-10-9-24(30)23(26(25)32)14-33-29(34)17-6-8-20-22(13-17)28-21-12-16(5-7-19(21)27(20)36-28)15-3-2-4-18(31)11-15/h2-13,27-28H,14H2,1H3,(H,33,34). The molecule has 0 fully saturated rings. The molecule has 0 saturated heterocycles. The van der Waals surface area contributed by atoms with Crippen molar-refractivity contribution in [1.29, 1.82) is 0 Å². The van der Waals surface area contributed by atoms with Crippen molar-refractivity contribution in [3.05, 3.63) is 123 Å². The molecule has 0 radical (unpaired) electrons. The van der Waals surface area contributed by atoms with E-state index in [0.29, 0.717) is 5.56 Å². The lowest BCUT2D eigenvalue weighted by Gasteiger charge is -2.18. The average Bonchev–Trinajstić information content (AvgIpc) is 3.45. The molecule has 1 amide bonds. The molecule has 2 aliphatic rings. The molecule has 4 aromatic carbocycles. The van der Waals surface area contributed by atoms with Crippen molar-refractivity contribution in [3.8, 4) is 16.9 Å². The van der Waals surface area contributed by atoms with Gasteiger partial charge in [-0.1, -0.05) is 41.9 Å². The minimum Gasteiger partial charge on any atom is -0.494 e. The van der Waals surface area contributed by atoms with Crippen LogP contribution in [0.2, 0.25) is 5.02 Å². The molecule has 2 aliphatic heterocycles. The number of nitrogens with one attached hydrogen (secondary N) is 1. The van der Waals surface area contributed by atoms with Crippen LogP contribution < -0.4 is 10.1 Å². The van der Waals surface area contributed by atoms with E-state index in [1.807, 2.05) is 36.4 Å². The molecule has 1 N–H and O–H groups in total. The molecular formula is C29H20ClF2NO3. The van der Waals surface area contributed by atoms with Gasteiger partial charge >= 0.3 is 0 Å². The number of rotatable bonds is 5. The Morgan fingerprint density at radius 2 is 1.64 bits per heavy atom. The Balaban J connectivity index is 1.26. The Hall–Kier alpha value is -3.74. The summed E-state index contributed by atoms with van der Waals surface area (Å²) in [5.74, 6) is -1.18. The van der Waals surface area contributed by atoms with E-state index in [2.05, 4.69) is 5.32 Å². The number of benzene rings is 4. The Bertz CT molecular complexity index is 1540. The number of hydrogen-bond acceptors (Lipinski definition) is 3. The van der Waals surface area contributed by atoms with Crippen LogP contribution in [-0.2, 0) is 11.3 Å². The van der Waals surface area contributed by atoms with Crippen molar-refractivity contribution in [1.82, 2.24) is 5.32 Å².